The third-order valence-electron chi connectivity index (χ3n) is 8.24. The Balaban J connectivity index is 1.49. The molecule has 7 aromatic rings. The van der Waals surface area contributed by atoms with Crippen molar-refractivity contribution in [3.63, 3.8) is 0 Å². The van der Waals surface area contributed by atoms with Gasteiger partial charge in [0, 0.05) is 5.02 Å². The molecule has 0 aromatic heterocycles. The van der Waals surface area contributed by atoms with Crippen LogP contribution in [0.1, 0.15) is 0 Å². The van der Waals surface area contributed by atoms with Crippen LogP contribution in [0.25, 0.3) is 0 Å². The molecule has 4 heteroatoms. The van der Waals surface area contributed by atoms with Crippen LogP contribution in [-0.2, 0) is 0 Å². The van der Waals surface area contributed by atoms with Crippen molar-refractivity contribution in [3.05, 3.63) is 199 Å². The molecule has 0 spiro atoms. The number of hydrogen-bond acceptors (Lipinski definition) is 0. The van der Waals surface area contributed by atoms with Crippen LogP contribution in [0.15, 0.2) is 194 Å². The highest BCUT2D eigenvalue weighted by Crippen LogP contribution is 2.34. The Morgan fingerprint density at radius 3 is 0.978 bits per heavy atom. The maximum Gasteiger partial charge on any atom is 0.242 e. The van der Waals surface area contributed by atoms with Crippen LogP contribution in [0.4, 0.5) is 0 Å². The normalized spacial score (nSPS) is 11.1. The van der Waals surface area contributed by atoms with Crippen LogP contribution in [0.5, 0.6) is 0 Å². The van der Waals surface area contributed by atoms with E-state index in [4.69, 9.17) is 11.6 Å². The Bertz CT molecular complexity index is 1800. The summed E-state index contributed by atoms with van der Waals surface area (Å²) in [5, 5.41) is 8.85. The second kappa shape index (κ2) is 14.5. The molecule has 0 atom stereocenters. The predicted molar refractivity (Wildman–Crippen MR) is 206 cm³/mol. The molecule has 0 aliphatic heterocycles. The first-order chi connectivity index (χ1) is 22.8. The Kier molecular flexibility index (Phi) is 9.56. The Morgan fingerprint density at radius 2 is 0.630 bits per heavy atom. The van der Waals surface area contributed by atoms with Crippen molar-refractivity contribution in [3.8, 4) is 0 Å². The van der Waals surface area contributed by atoms with Crippen LogP contribution in [0.3, 0.4) is 0 Å². The third kappa shape index (κ3) is 6.51. The van der Waals surface area contributed by atoms with E-state index < -0.39 is 15.8 Å². The molecule has 0 aliphatic rings. The van der Waals surface area contributed by atoms with E-state index in [-0.39, 0.29) is 6.71 Å². The van der Waals surface area contributed by atoms with Gasteiger partial charge in [0.05, 0.1) is 0 Å². The van der Waals surface area contributed by atoms with Gasteiger partial charge in [0.15, 0.2) is 0 Å². The summed E-state index contributed by atoms with van der Waals surface area (Å²) in [5.41, 5.74) is 3.88. The van der Waals surface area contributed by atoms with E-state index in [1.807, 2.05) is 12.1 Å². The van der Waals surface area contributed by atoms with Gasteiger partial charge in [-0.15, -0.1) is 0 Å². The summed E-state index contributed by atoms with van der Waals surface area (Å²) in [5.74, 6) is 0. The van der Waals surface area contributed by atoms with Crippen LogP contribution >= 0.6 is 27.4 Å². The van der Waals surface area contributed by atoms with Crippen LogP contribution in [0, 0.1) is 0 Å². The van der Waals surface area contributed by atoms with E-state index in [1.165, 1.54) is 48.2 Å². The molecule has 0 fully saturated rings. The largest absolute Gasteiger partial charge is 0.242 e. The second-order valence-corrected chi connectivity index (χ2v) is 15.9. The molecule has 7 rings (SSSR count). The average Bonchev–Trinajstić information content (AvgIpc) is 3.13. The number of halogens is 1. The molecule has 46 heavy (non-hydrogen) atoms. The third-order valence-corrected chi connectivity index (χ3v) is 13.5. The minimum atomic E-state index is -0.820. The quantitative estimate of drug-likeness (QED) is 0.127. The molecule has 0 bridgehead atoms. The van der Waals surface area contributed by atoms with Gasteiger partial charge in [0.2, 0.25) is 6.71 Å². The van der Waals surface area contributed by atoms with Gasteiger partial charge in [-0.1, -0.05) is 210 Å². The molecule has 7 aromatic carbocycles. The van der Waals surface area contributed by atoms with Crippen molar-refractivity contribution < 1.29 is 0 Å². The molecule has 220 valence electrons. The van der Waals surface area contributed by atoms with E-state index in [0.29, 0.717) is 0 Å². The van der Waals surface area contributed by atoms with E-state index in [2.05, 4.69) is 182 Å². The van der Waals surface area contributed by atoms with Crippen molar-refractivity contribution in [1.29, 1.82) is 0 Å². The van der Waals surface area contributed by atoms with Gasteiger partial charge in [-0.3, -0.25) is 0 Å². The fourth-order valence-electron chi connectivity index (χ4n) is 6.22. The number of hydrogen-bond donors (Lipinski definition) is 0. The summed E-state index contributed by atoms with van der Waals surface area (Å²) >= 11 is 6.50. The van der Waals surface area contributed by atoms with E-state index >= 15 is 0 Å². The smallest absolute Gasteiger partial charge is 0.0843 e. The lowest BCUT2D eigenvalue weighted by Gasteiger charge is -2.29. The molecule has 0 radical (unpaired) electrons. The highest BCUT2D eigenvalue weighted by Gasteiger charge is 2.32. The fourth-order valence-corrected chi connectivity index (χ4v) is 11.3. The van der Waals surface area contributed by atoms with Gasteiger partial charge in [-0.25, -0.2) is 0 Å². The predicted octanol–water partition coefficient (Wildman–Crippen LogP) is 6.37. The lowest BCUT2D eigenvalue weighted by Crippen LogP contribution is -2.60. The minimum absolute atomic E-state index is 0.000448. The van der Waals surface area contributed by atoms with Crippen molar-refractivity contribution >= 4 is 82.4 Å². The molecule has 0 heterocycles. The second-order valence-electron chi connectivity index (χ2n) is 11.1. The zero-order valence-electron chi connectivity index (χ0n) is 25.3. The monoisotopic (exact) mass is 644 g/mol. The summed E-state index contributed by atoms with van der Waals surface area (Å²) in [6.07, 6.45) is 0. The number of rotatable bonds is 9. The average molecular weight is 645 g/mol. The van der Waals surface area contributed by atoms with Gasteiger partial charge < -0.3 is 0 Å². The lowest BCUT2D eigenvalue weighted by molar-refractivity contribution is 1.73. The van der Waals surface area contributed by atoms with Crippen molar-refractivity contribution in [1.82, 2.24) is 0 Å². The molecule has 0 amide bonds. The summed E-state index contributed by atoms with van der Waals surface area (Å²) in [6, 6.07) is 70.7. The molecule has 0 saturated heterocycles. The van der Waals surface area contributed by atoms with Crippen molar-refractivity contribution in [2.24, 2.45) is 0 Å². The minimum Gasteiger partial charge on any atom is -0.0843 e. The standard InChI is InChI=1S/C42H32BClP2/c44-34-31-29-33(30-32-34)43(39-25-13-15-27-41(39)45(35-17-5-1-6-18-35)36-19-7-2-8-20-36)40-26-14-16-28-42(40)46(37-21-9-3-10-22-37)38-23-11-4-12-24-38/h1-32H. The number of benzene rings is 7. The van der Waals surface area contributed by atoms with E-state index in [9.17, 15) is 0 Å². The molecule has 0 nitrogen and oxygen atoms in total. The Labute approximate surface area is 280 Å². The van der Waals surface area contributed by atoms with Gasteiger partial charge in [-0.2, -0.15) is 0 Å². The Hall–Kier alpha value is -4.25. The van der Waals surface area contributed by atoms with Crippen LogP contribution in [0.2, 0.25) is 5.02 Å². The summed E-state index contributed by atoms with van der Waals surface area (Å²) in [6.45, 7) is -0.000448. The molecule has 0 unspecified atom stereocenters. The zero-order valence-corrected chi connectivity index (χ0v) is 27.9. The van der Waals surface area contributed by atoms with Gasteiger partial charge >= 0.3 is 0 Å². The maximum atomic E-state index is 6.50. The SMILES string of the molecule is Clc1ccc(B(c2ccccc2P(c2ccccc2)c2ccccc2)c2ccccc2P(c2ccccc2)c2ccccc2)cc1. The highest BCUT2D eigenvalue weighted by molar-refractivity contribution is 7.81. The van der Waals surface area contributed by atoms with Crippen molar-refractivity contribution in [2.75, 3.05) is 0 Å². The zero-order chi connectivity index (χ0) is 31.1. The topological polar surface area (TPSA) is 0 Å². The summed E-state index contributed by atoms with van der Waals surface area (Å²) in [7, 11) is -1.64. The van der Waals surface area contributed by atoms with Crippen LogP contribution < -0.4 is 48.2 Å². The fraction of sp³-hybridized carbons (Fsp3) is 0. The van der Waals surface area contributed by atoms with Gasteiger partial charge in [-0.05, 0) is 59.8 Å². The van der Waals surface area contributed by atoms with Gasteiger partial charge in [0.1, 0.15) is 0 Å². The van der Waals surface area contributed by atoms with E-state index in [0.717, 1.165) is 5.02 Å². The first-order valence-corrected chi connectivity index (χ1v) is 18.6. The van der Waals surface area contributed by atoms with Crippen molar-refractivity contribution in [2.45, 2.75) is 0 Å². The molecule has 0 aliphatic carbocycles. The molecular weight excluding hydrogens is 613 g/mol. The van der Waals surface area contributed by atoms with Gasteiger partial charge in [0.25, 0.3) is 0 Å². The van der Waals surface area contributed by atoms with E-state index in [1.54, 1.807) is 0 Å². The first-order valence-electron chi connectivity index (χ1n) is 15.5. The maximum absolute atomic E-state index is 6.50. The Morgan fingerprint density at radius 1 is 0.326 bits per heavy atom. The molecule has 0 saturated carbocycles. The summed E-state index contributed by atoms with van der Waals surface area (Å²) < 4.78 is 0. The lowest BCUT2D eigenvalue weighted by atomic mass is 9.37. The molecule has 0 N–H and O–H groups in total. The van der Waals surface area contributed by atoms with Crippen LogP contribution in [-0.4, -0.2) is 6.71 Å². The molecular formula is C42H32BClP2. The first kappa shape index (κ1) is 30.4. The highest BCUT2D eigenvalue weighted by atomic mass is 35.5. The summed E-state index contributed by atoms with van der Waals surface area (Å²) in [4.78, 5) is 0.